The van der Waals surface area contributed by atoms with Crippen LogP contribution in [-0.4, -0.2) is 33.3 Å². The van der Waals surface area contributed by atoms with Crippen LogP contribution in [0.25, 0.3) is 0 Å². The molecule has 1 aromatic carbocycles. The molecule has 0 atom stereocenters. The number of nitrogen functional groups attached to an aromatic ring is 1. The summed E-state index contributed by atoms with van der Waals surface area (Å²) >= 11 is 0. The summed E-state index contributed by atoms with van der Waals surface area (Å²) in [6, 6.07) is 5.00. The Morgan fingerprint density at radius 2 is 2.00 bits per heavy atom. The highest BCUT2D eigenvalue weighted by atomic mass is 16.5. The number of rotatable bonds is 8. The molecule has 5 nitrogen and oxygen atoms in total. The highest BCUT2D eigenvalue weighted by Crippen LogP contribution is 2.18. The van der Waals surface area contributed by atoms with Gasteiger partial charge in [-0.25, -0.2) is 0 Å². The Morgan fingerprint density at radius 1 is 1.21 bits per heavy atom. The molecule has 3 N–H and O–H groups in total. The maximum atomic E-state index is 11.9. The number of anilines is 1. The summed E-state index contributed by atoms with van der Waals surface area (Å²) in [5.41, 5.74) is 6.75. The van der Waals surface area contributed by atoms with E-state index in [1.807, 2.05) is 0 Å². The first-order valence-corrected chi connectivity index (χ1v) is 6.39. The largest absolute Gasteiger partial charge is 0.497 e. The molecule has 0 saturated carbocycles. The first-order chi connectivity index (χ1) is 9.17. The van der Waals surface area contributed by atoms with Gasteiger partial charge in [0.1, 0.15) is 5.75 Å². The number of carbonyl (C=O) groups is 1. The lowest BCUT2D eigenvalue weighted by atomic mass is 10.1. The average Bonchev–Trinajstić information content (AvgIpc) is 2.41. The average molecular weight is 266 g/mol. The van der Waals surface area contributed by atoms with Crippen molar-refractivity contribution in [3.05, 3.63) is 23.8 Å². The third-order valence-electron chi connectivity index (χ3n) is 2.74. The quantitative estimate of drug-likeness (QED) is 0.556. The summed E-state index contributed by atoms with van der Waals surface area (Å²) in [7, 11) is 3.24. The summed E-state index contributed by atoms with van der Waals surface area (Å²) < 4.78 is 10.0. The molecule has 0 spiro atoms. The van der Waals surface area contributed by atoms with E-state index in [9.17, 15) is 4.79 Å². The minimum Gasteiger partial charge on any atom is -0.497 e. The zero-order chi connectivity index (χ0) is 14.1. The molecule has 106 valence electrons. The molecule has 0 fully saturated rings. The number of hydrogen-bond acceptors (Lipinski definition) is 4. The fourth-order valence-electron chi connectivity index (χ4n) is 1.72. The summed E-state index contributed by atoms with van der Waals surface area (Å²) in [4.78, 5) is 11.9. The van der Waals surface area contributed by atoms with E-state index in [0.29, 0.717) is 23.5 Å². The number of methoxy groups -OCH3 is 2. The number of carbonyl (C=O) groups excluding carboxylic acids is 1. The van der Waals surface area contributed by atoms with Crippen LogP contribution in [0.1, 0.15) is 29.6 Å². The van der Waals surface area contributed by atoms with Crippen LogP contribution in [0.5, 0.6) is 5.75 Å². The van der Waals surface area contributed by atoms with Crippen molar-refractivity contribution >= 4 is 11.6 Å². The highest BCUT2D eigenvalue weighted by molar-refractivity contribution is 5.95. The first kappa shape index (κ1) is 15.3. The third kappa shape index (κ3) is 5.61. The first-order valence-electron chi connectivity index (χ1n) is 6.39. The lowest BCUT2D eigenvalue weighted by Crippen LogP contribution is -2.24. The molecular formula is C14H22N2O3. The normalized spacial score (nSPS) is 10.2. The maximum Gasteiger partial charge on any atom is 0.251 e. The lowest BCUT2D eigenvalue weighted by molar-refractivity contribution is 0.0952. The third-order valence-corrected chi connectivity index (χ3v) is 2.74. The van der Waals surface area contributed by atoms with Gasteiger partial charge in [-0.3, -0.25) is 4.79 Å². The van der Waals surface area contributed by atoms with Crippen LogP contribution >= 0.6 is 0 Å². The van der Waals surface area contributed by atoms with Crippen LogP contribution in [0.15, 0.2) is 18.2 Å². The van der Waals surface area contributed by atoms with Crippen LogP contribution in [0.4, 0.5) is 5.69 Å². The Labute approximate surface area is 114 Å². The minimum atomic E-state index is -0.127. The zero-order valence-electron chi connectivity index (χ0n) is 11.6. The Morgan fingerprint density at radius 3 is 2.68 bits per heavy atom. The van der Waals surface area contributed by atoms with E-state index in [2.05, 4.69) is 5.32 Å². The molecule has 1 aromatic rings. The summed E-state index contributed by atoms with van der Waals surface area (Å²) in [5.74, 6) is 0.461. The van der Waals surface area contributed by atoms with Gasteiger partial charge >= 0.3 is 0 Å². The van der Waals surface area contributed by atoms with Gasteiger partial charge in [0.05, 0.1) is 7.11 Å². The fraction of sp³-hybridized carbons (Fsp3) is 0.500. The van der Waals surface area contributed by atoms with Crippen LogP contribution < -0.4 is 15.8 Å². The van der Waals surface area contributed by atoms with E-state index in [4.69, 9.17) is 15.2 Å². The minimum absolute atomic E-state index is 0.127. The van der Waals surface area contributed by atoms with Crippen molar-refractivity contribution in [2.45, 2.75) is 19.3 Å². The number of hydrogen-bond donors (Lipinski definition) is 2. The van der Waals surface area contributed by atoms with Gasteiger partial charge in [-0.15, -0.1) is 0 Å². The zero-order valence-corrected chi connectivity index (χ0v) is 11.6. The Kier molecular flexibility index (Phi) is 6.74. The van der Waals surface area contributed by atoms with Crippen molar-refractivity contribution in [2.24, 2.45) is 0 Å². The molecule has 0 radical (unpaired) electrons. The topological polar surface area (TPSA) is 73.6 Å². The van der Waals surface area contributed by atoms with Crippen molar-refractivity contribution in [2.75, 3.05) is 33.1 Å². The van der Waals surface area contributed by atoms with E-state index < -0.39 is 0 Å². The summed E-state index contributed by atoms with van der Waals surface area (Å²) in [6.07, 6.45) is 2.99. The van der Waals surface area contributed by atoms with Gasteiger partial charge in [-0.2, -0.15) is 0 Å². The number of ether oxygens (including phenoxy) is 2. The standard InChI is InChI=1S/C14H22N2O3/c1-18-7-5-3-4-6-16-14(17)11-8-12(15)10-13(9-11)19-2/h8-10H,3-7,15H2,1-2H3,(H,16,17). The second-order valence-electron chi connectivity index (χ2n) is 4.30. The molecule has 1 rings (SSSR count). The SMILES string of the molecule is COCCCCCNC(=O)c1cc(N)cc(OC)c1. The molecule has 0 unspecified atom stereocenters. The van der Waals surface area contributed by atoms with Crippen LogP contribution in [-0.2, 0) is 4.74 Å². The van der Waals surface area contributed by atoms with Crippen LogP contribution in [0.3, 0.4) is 0 Å². The Bertz CT molecular complexity index is 408. The monoisotopic (exact) mass is 266 g/mol. The second kappa shape index (κ2) is 8.37. The molecule has 1 amide bonds. The van der Waals surface area contributed by atoms with Gasteiger partial charge in [0, 0.05) is 37.6 Å². The molecule has 0 aliphatic heterocycles. The number of nitrogens with one attached hydrogen (secondary N) is 1. The fourth-order valence-corrected chi connectivity index (χ4v) is 1.72. The lowest BCUT2D eigenvalue weighted by Gasteiger charge is -2.08. The molecule has 0 heterocycles. The second-order valence-corrected chi connectivity index (χ2v) is 4.30. The molecular weight excluding hydrogens is 244 g/mol. The van der Waals surface area contributed by atoms with Gasteiger partial charge in [0.15, 0.2) is 0 Å². The number of nitrogens with two attached hydrogens (primary N) is 1. The number of unbranched alkanes of at least 4 members (excludes halogenated alkanes) is 2. The van der Waals surface area contributed by atoms with Gasteiger partial charge in [0.25, 0.3) is 5.91 Å². The predicted octanol–water partition coefficient (Wildman–Crippen LogP) is 1.82. The number of benzene rings is 1. The van der Waals surface area contributed by atoms with Crippen molar-refractivity contribution < 1.29 is 14.3 Å². The molecule has 0 aliphatic carbocycles. The van der Waals surface area contributed by atoms with E-state index >= 15 is 0 Å². The van der Waals surface area contributed by atoms with Gasteiger partial charge in [-0.05, 0) is 31.4 Å². The molecule has 0 aliphatic rings. The Balaban J connectivity index is 2.39. The Hall–Kier alpha value is -1.75. The van der Waals surface area contributed by atoms with Gasteiger partial charge in [-0.1, -0.05) is 0 Å². The van der Waals surface area contributed by atoms with E-state index in [0.717, 1.165) is 25.9 Å². The van der Waals surface area contributed by atoms with E-state index in [1.54, 1.807) is 32.4 Å². The highest BCUT2D eigenvalue weighted by Gasteiger charge is 2.07. The van der Waals surface area contributed by atoms with Crippen molar-refractivity contribution in [1.29, 1.82) is 0 Å². The van der Waals surface area contributed by atoms with Crippen molar-refractivity contribution in [1.82, 2.24) is 5.32 Å². The summed E-state index contributed by atoms with van der Waals surface area (Å²) in [6.45, 7) is 1.42. The van der Waals surface area contributed by atoms with Gasteiger partial charge in [0.2, 0.25) is 0 Å². The molecule has 19 heavy (non-hydrogen) atoms. The van der Waals surface area contributed by atoms with E-state index in [-0.39, 0.29) is 5.91 Å². The maximum absolute atomic E-state index is 11.9. The number of amides is 1. The van der Waals surface area contributed by atoms with Crippen molar-refractivity contribution in [3.8, 4) is 5.75 Å². The molecule has 5 heteroatoms. The summed E-state index contributed by atoms with van der Waals surface area (Å²) in [5, 5.41) is 2.86. The molecule has 0 saturated heterocycles. The van der Waals surface area contributed by atoms with Gasteiger partial charge < -0.3 is 20.5 Å². The predicted molar refractivity (Wildman–Crippen MR) is 75.5 cm³/mol. The van der Waals surface area contributed by atoms with Crippen molar-refractivity contribution in [3.63, 3.8) is 0 Å². The molecule has 0 bridgehead atoms. The smallest absolute Gasteiger partial charge is 0.251 e. The van der Waals surface area contributed by atoms with Crippen LogP contribution in [0.2, 0.25) is 0 Å². The van der Waals surface area contributed by atoms with Crippen LogP contribution in [0, 0.1) is 0 Å². The van der Waals surface area contributed by atoms with E-state index in [1.165, 1.54) is 0 Å². The molecule has 0 aromatic heterocycles.